The van der Waals surface area contributed by atoms with Crippen molar-refractivity contribution in [3.05, 3.63) is 59.2 Å². The van der Waals surface area contributed by atoms with Gasteiger partial charge in [-0.15, -0.1) is 0 Å². The Morgan fingerprint density at radius 3 is 2.29 bits per heavy atom. The van der Waals surface area contributed by atoms with Gasteiger partial charge in [0.25, 0.3) is 11.7 Å². The first-order valence-electron chi connectivity index (χ1n) is 10.4. The van der Waals surface area contributed by atoms with Gasteiger partial charge in [-0.3, -0.25) is 9.59 Å². The number of aromatic hydroxyl groups is 1. The zero-order valence-electron chi connectivity index (χ0n) is 17.9. The number of ether oxygens (including phenoxy) is 2. The van der Waals surface area contributed by atoms with Crippen LogP contribution in [0.3, 0.4) is 0 Å². The lowest BCUT2D eigenvalue weighted by molar-refractivity contribution is -0.139. The van der Waals surface area contributed by atoms with Gasteiger partial charge in [0, 0.05) is 12.6 Å². The standard InChI is InChI=1S/C24H27NO6/c1-4-13-25-21(15-7-9-16(26)10-8-15)20(23(28)24(25)29)22(27)18-12-11-17(30-5-2)14-19(18)31-6-3/h7-12,14,21,26-27H,4-6,13H2,1-3H3/b22-20-. The Bertz CT molecular complexity index is 996. The lowest BCUT2D eigenvalue weighted by atomic mass is 9.95. The van der Waals surface area contributed by atoms with Crippen molar-refractivity contribution in [2.75, 3.05) is 19.8 Å². The van der Waals surface area contributed by atoms with Crippen LogP contribution in [0, 0.1) is 0 Å². The van der Waals surface area contributed by atoms with Crippen molar-refractivity contribution in [1.82, 2.24) is 4.90 Å². The van der Waals surface area contributed by atoms with Crippen molar-refractivity contribution in [3.63, 3.8) is 0 Å². The molecular weight excluding hydrogens is 398 g/mol. The minimum absolute atomic E-state index is 0.00532. The van der Waals surface area contributed by atoms with E-state index in [4.69, 9.17) is 9.47 Å². The van der Waals surface area contributed by atoms with E-state index in [0.717, 1.165) is 0 Å². The van der Waals surface area contributed by atoms with Crippen LogP contribution in [0.4, 0.5) is 0 Å². The number of phenolic OH excluding ortho intramolecular Hbond substituents is 1. The fourth-order valence-electron chi connectivity index (χ4n) is 3.73. The molecule has 1 fully saturated rings. The predicted octanol–water partition coefficient (Wildman–Crippen LogP) is 4.02. The molecule has 0 aliphatic carbocycles. The van der Waals surface area contributed by atoms with Crippen LogP contribution >= 0.6 is 0 Å². The van der Waals surface area contributed by atoms with Crippen molar-refractivity contribution in [2.24, 2.45) is 0 Å². The molecule has 2 aromatic rings. The Morgan fingerprint density at radius 1 is 1.00 bits per heavy atom. The molecule has 3 rings (SSSR count). The second-order valence-electron chi connectivity index (χ2n) is 7.11. The van der Waals surface area contributed by atoms with E-state index in [1.165, 1.54) is 17.0 Å². The maximum atomic E-state index is 13.0. The Balaban J connectivity index is 2.19. The summed E-state index contributed by atoms with van der Waals surface area (Å²) in [5.74, 6) is -0.713. The summed E-state index contributed by atoms with van der Waals surface area (Å²) in [6.45, 7) is 6.76. The van der Waals surface area contributed by atoms with Gasteiger partial charge in [0.2, 0.25) is 0 Å². The van der Waals surface area contributed by atoms with Crippen molar-refractivity contribution in [2.45, 2.75) is 33.2 Å². The van der Waals surface area contributed by atoms with Crippen LogP contribution in [0.25, 0.3) is 5.76 Å². The fourth-order valence-corrected chi connectivity index (χ4v) is 3.73. The first kappa shape index (κ1) is 22.2. The van der Waals surface area contributed by atoms with Gasteiger partial charge in [-0.1, -0.05) is 19.1 Å². The van der Waals surface area contributed by atoms with E-state index in [2.05, 4.69) is 0 Å². The monoisotopic (exact) mass is 425 g/mol. The summed E-state index contributed by atoms with van der Waals surface area (Å²) in [6, 6.07) is 10.5. The van der Waals surface area contributed by atoms with E-state index in [1.807, 2.05) is 20.8 Å². The number of aliphatic hydroxyl groups is 1. The summed E-state index contributed by atoms with van der Waals surface area (Å²) in [5, 5.41) is 20.9. The summed E-state index contributed by atoms with van der Waals surface area (Å²) in [6.07, 6.45) is 0.648. The van der Waals surface area contributed by atoms with E-state index >= 15 is 0 Å². The molecular formula is C24H27NO6. The number of phenols is 1. The Hall–Kier alpha value is -3.48. The van der Waals surface area contributed by atoms with Gasteiger partial charge in [-0.05, 0) is 50.1 Å². The molecule has 1 atom stereocenters. The van der Waals surface area contributed by atoms with E-state index < -0.39 is 17.7 Å². The number of amides is 1. The van der Waals surface area contributed by atoms with Crippen LogP contribution in [0.15, 0.2) is 48.0 Å². The zero-order valence-corrected chi connectivity index (χ0v) is 17.9. The lowest BCUT2D eigenvalue weighted by Gasteiger charge is -2.25. The second kappa shape index (κ2) is 9.55. The topological polar surface area (TPSA) is 96.3 Å². The summed E-state index contributed by atoms with van der Waals surface area (Å²) in [5.41, 5.74) is 0.925. The van der Waals surface area contributed by atoms with E-state index in [0.29, 0.717) is 48.8 Å². The third kappa shape index (κ3) is 4.35. The molecule has 1 saturated heterocycles. The number of benzene rings is 2. The molecule has 7 nitrogen and oxygen atoms in total. The molecule has 7 heteroatoms. The maximum absolute atomic E-state index is 13.0. The van der Waals surface area contributed by atoms with E-state index in [9.17, 15) is 19.8 Å². The highest BCUT2D eigenvalue weighted by Gasteiger charge is 2.45. The van der Waals surface area contributed by atoms with Gasteiger partial charge in [-0.25, -0.2) is 0 Å². The number of aliphatic hydroxyl groups excluding tert-OH is 1. The lowest BCUT2D eigenvalue weighted by Crippen LogP contribution is -2.30. The minimum atomic E-state index is -0.762. The summed E-state index contributed by atoms with van der Waals surface area (Å²) in [7, 11) is 0. The van der Waals surface area contributed by atoms with Crippen LogP contribution in [0.5, 0.6) is 17.2 Å². The molecule has 1 aliphatic rings. The first-order chi connectivity index (χ1) is 14.9. The van der Waals surface area contributed by atoms with Gasteiger partial charge in [0.1, 0.15) is 23.0 Å². The highest BCUT2D eigenvalue weighted by Crippen LogP contribution is 2.41. The van der Waals surface area contributed by atoms with Gasteiger partial charge < -0.3 is 24.6 Å². The minimum Gasteiger partial charge on any atom is -0.508 e. The Kier molecular flexibility index (Phi) is 6.84. The molecule has 2 N–H and O–H groups in total. The smallest absolute Gasteiger partial charge is 0.295 e. The summed E-state index contributed by atoms with van der Waals surface area (Å²) < 4.78 is 11.2. The van der Waals surface area contributed by atoms with Crippen molar-refractivity contribution >= 4 is 17.4 Å². The molecule has 1 aliphatic heterocycles. The second-order valence-corrected chi connectivity index (χ2v) is 7.11. The van der Waals surface area contributed by atoms with Gasteiger partial charge >= 0.3 is 0 Å². The molecule has 2 aromatic carbocycles. The first-order valence-corrected chi connectivity index (χ1v) is 10.4. The SMILES string of the molecule is CCCN1C(=O)C(=O)/C(=C(\O)c2ccc(OCC)cc2OCC)C1c1ccc(O)cc1. The molecule has 31 heavy (non-hydrogen) atoms. The Morgan fingerprint density at radius 2 is 1.68 bits per heavy atom. The fraction of sp³-hybridized carbons (Fsp3) is 0.333. The van der Waals surface area contributed by atoms with Gasteiger partial charge in [0.05, 0.1) is 30.4 Å². The molecule has 1 unspecified atom stereocenters. The van der Waals surface area contributed by atoms with Crippen molar-refractivity contribution < 1.29 is 29.3 Å². The number of likely N-dealkylation sites (tertiary alicyclic amines) is 1. The number of carbonyl (C=O) groups is 2. The number of Topliss-reactive ketones (excluding diaryl/α,β-unsaturated/α-hetero) is 1. The number of hydrogen-bond acceptors (Lipinski definition) is 6. The number of nitrogens with zero attached hydrogens (tertiary/aromatic N) is 1. The number of rotatable bonds is 8. The normalized spacial score (nSPS) is 17.8. The molecule has 164 valence electrons. The quantitative estimate of drug-likeness (QED) is 0.377. The maximum Gasteiger partial charge on any atom is 0.295 e. The van der Waals surface area contributed by atoms with Crippen LogP contribution < -0.4 is 9.47 Å². The third-order valence-electron chi connectivity index (χ3n) is 5.03. The van der Waals surface area contributed by atoms with Crippen molar-refractivity contribution in [3.8, 4) is 17.2 Å². The average molecular weight is 425 g/mol. The number of ketones is 1. The molecule has 0 bridgehead atoms. The highest BCUT2D eigenvalue weighted by molar-refractivity contribution is 6.46. The van der Waals surface area contributed by atoms with Crippen LogP contribution in [-0.2, 0) is 9.59 Å². The molecule has 0 radical (unpaired) electrons. The number of carbonyl (C=O) groups excluding carboxylic acids is 2. The molecule has 1 amide bonds. The number of hydrogen-bond donors (Lipinski definition) is 2. The van der Waals surface area contributed by atoms with Crippen LogP contribution in [0.1, 0.15) is 44.4 Å². The molecule has 0 spiro atoms. The third-order valence-corrected chi connectivity index (χ3v) is 5.03. The van der Waals surface area contributed by atoms with Crippen LogP contribution in [0.2, 0.25) is 0 Å². The van der Waals surface area contributed by atoms with E-state index in [1.54, 1.807) is 30.3 Å². The van der Waals surface area contributed by atoms with Crippen LogP contribution in [-0.4, -0.2) is 46.6 Å². The Labute approximate surface area is 181 Å². The summed E-state index contributed by atoms with van der Waals surface area (Å²) >= 11 is 0. The highest BCUT2D eigenvalue weighted by atomic mass is 16.5. The predicted molar refractivity (Wildman–Crippen MR) is 116 cm³/mol. The summed E-state index contributed by atoms with van der Waals surface area (Å²) in [4.78, 5) is 27.2. The van der Waals surface area contributed by atoms with Gasteiger partial charge in [-0.2, -0.15) is 0 Å². The molecule has 1 heterocycles. The van der Waals surface area contributed by atoms with E-state index in [-0.39, 0.29) is 17.1 Å². The zero-order chi connectivity index (χ0) is 22.5. The largest absolute Gasteiger partial charge is 0.508 e. The molecule has 0 saturated carbocycles. The average Bonchev–Trinajstić information content (AvgIpc) is 3.00. The van der Waals surface area contributed by atoms with Gasteiger partial charge in [0.15, 0.2) is 0 Å². The van der Waals surface area contributed by atoms with Crippen molar-refractivity contribution in [1.29, 1.82) is 0 Å². The molecule has 0 aromatic heterocycles.